The van der Waals surface area contributed by atoms with Crippen molar-refractivity contribution in [2.75, 3.05) is 11.9 Å². The number of carboxylic acids is 1. The molecule has 27 heavy (non-hydrogen) atoms. The van der Waals surface area contributed by atoms with Crippen molar-refractivity contribution >= 4 is 28.3 Å². The third-order valence-electron chi connectivity index (χ3n) is 5.46. The van der Waals surface area contributed by atoms with Crippen molar-refractivity contribution in [3.05, 3.63) is 34.7 Å². The lowest BCUT2D eigenvalue weighted by Crippen LogP contribution is -2.46. The third kappa shape index (κ3) is 4.04. The molecule has 4 rings (SSSR count). The molecular weight excluding hydrogens is 362 g/mol. The fourth-order valence-electron chi connectivity index (χ4n) is 3.86. The zero-order valence-corrected chi connectivity index (χ0v) is 15.8. The van der Waals surface area contributed by atoms with E-state index in [-0.39, 0.29) is 11.8 Å². The van der Waals surface area contributed by atoms with Crippen LogP contribution >= 0.6 is 11.3 Å². The number of aliphatic carboxylic acids is 1. The fraction of sp³-hybridized carbons (Fsp3) is 0.450. The van der Waals surface area contributed by atoms with Gasteiger partial charge in [0, 0.05) is 17.5 Å². The van der Waals surface area contributed by atoms with Gasteiger partial charge in [-0.05, 0) is 55.7 Å². The van der Waals surface area contributed by atoms with Crippen LogP contribution in [0.5, 0.6) is 0 Å². The van der Waals surface area contributed by atoms with E-state index in [0.29, 0.717) is 24.5 Å². The van der Waals surface area contributed by atoms with Gasteiger partial charge in [-0.3, -0.25) is 9.59 Å². The van der Waals surface area contributed by atoms with E-state index in [1.165, 1.54) is 35.3 Å². The Labute approximate surface area is 162 Å². The van der Waals surface area contributed by atoms with Crippen LogP contribution in [-0.2, 0) is 22.4 Å². The van der Waals surface area contributed by atoms with Gasteiger partial charge in [0.15, 0.2) is 5.13 Å². The molecule has 1 aromatic carbocycles. The van der Waals surface area contributed by atoms with Crippen LogP contribution < -0.4 is 10.6 Å². The number of aromatic nitrogens is 1. The molecule has 142 valence electrons. The van der Waals surface area contributed by atoms with E-state index in [0.717, 1.165) is 24.1 Å². The Morgan fingerprint density at radius 2 is 2.00 bits per heavy atom. The summed E-state index contributed by atoms with van der Waals surface area (Å²) in [5.74, 6) is -1.18. The van der Waals surface area contributed by atoms with E-state index in [9.17, 15) is 9.59 Å². The number of anilines is 1. The van der Waals surface area contributed by atoms with Crippen molar-refractivity contribution in [3.63, 3.8) is 0 Å². The maximum Gasteiger partial charge on any atom is 0.320 e. The molecule has 1 fully saturated rings. The lowest BCUT2D eigenvalue weighted by atomic mass is 9.90. The molecule has 0 bridgehead atoms. The monoisotopic (exact) mass is 385 g/mol. The van der Waals surface area contributed by atoms with Crippen molar-refractivity contribution in [2.24, 2.45) is 5.92 Å². The number of benzene rings is 1. The summed E-state index contributed by atoms with van der Waals surface area (Å²) in [4.78, 5) is 28.0. The Morgan fingerprint density at radius 3 is 2.74 bits per heavy atom. The van der Waals surface area contributed by atoms with Crippen LogP contribution in [0.3, 0.4) is 0 Å². The first-order valence-electron chi connectivity index (χ1n) is 9.45. The Morgan fingerprint density at radius 1 is 1.19 bits per heavy atom. The summed E-state index contributed by atoms with van der Waals surface area (Å²) in [7, 11) is 0. The van der Waals surface area contributed by atoms with E-state index < -0.39 is 12.0 Å². The smallest absolute Gasteiger partial charge is 0.320 e. The maximum atomic E-state index is 12.4. The highest BCUT2D eigenvalue weighted by atomic mass is 32.1. The summed E-state index contributed by atoms with van der Waals surface area (Å²) in [6, 6.07) is 5.99. The first kappa shape index (κ1) is 18.1. The summed E-state index contributed by atoms with van der Waals surface area (Å²) in [5, 5.41) is 17.4. The highest BCUT2D eigenvalue weighted by molar-refractivity contribution is 7.14. The predicted octanol–water partition coefficient (Wildman–Crippen LogP) is 3.08. The van der Waals surface area contributed by atoms with E-state index in [4.69, 9.17) is 5.11 Å². The van der Waals surface area contributed by atoms with Gasteiger partial charge in [0.05, 0.1) is 11.6 Å². The van der Waals surface area contributed by atoms with Gasteiger partial charge in [-0.1, -0.05) is 12.1 Å². The minimum Gasteiger partial charge on any atom is -0.480 e. The van der Waals surface area contributed by atoms with Crippen LogP contribution in [0.1, 0.15) is 36.8 Å². The second-order valence-corrected chi connectivity index (χ2v) is 8.15. The van der Waals surface area contributed by atoms with Crippen LogP contribution in [0.25, 0.3) is 11.3 Å². The molecule has 1 aliphatic heterocycles. The summed E-state index contributed by atoms with van der Waals surface area (Å²) < 4.78 is 0. The number of carboxylic acid groups (broad SMARTS) is 1. The summed E-state index contributed by atoms with van der Waals surface area (Å²) in [6.07, 6.45) is 5.83. The average Bonchev–Trinajstić information content (AvgIpc) is 3.16. The molecule has 2 heterocycles. The number of hydrogen-bond donors (Lipinski definition) is 3. The molecule has 2 aliphatic rings. The molecule has 2 unspecified atom stereocenters. The van der Waals surface area contributed by atoms with E-state index in [1.807, 2.05) is 5.38 Å². The maximum absolute atomic E-state index is 12.4. The normalized spacial score (nSPS) is 22.1. The number of fused-ring (bicyclic) bond motifs is 1. The molecule has 1 aromatic heterocycles. The first-order chi connectivity index (χ1) is 13.1. The molecule has 3 N–H and O–H groups in total. The van der Waals surface area contributed by atoms with Gasteiger partial charge < -0.3 is 15.7 Å². The summed E-state index contributed by atoms with van der Waals surface area (Å²) >= 11 is 1.42. The number of piperidine rings is 1. The molecule has 0 radical (unpaired) electrons. The SMILES string of the molecule is O=C(Nc1nc(-c2ccc3c(c2)CCCC3)cs1)C1CCC(C(=O)O)NC1. The number of rotatable bonds is 4. The molecule has 2 atom stereocenters. The Bertz CT molecular complexity index is 856. The average molecular weight is 385 g/mol. The number of carbonyl (C=O) groups excluding carboxylic acids is 1. The minimum atomic E-state index is -0.858. The lowest BCUT2D eigenvalue weighted by Gasteiger charge is -2.26. The molecule has 2 aromatic rings. The number of aryl methyl sites for hydroxylation is 2. The van der Waals surface area contributed by atoms with Crippen molar-refractivity contribution in [3.8, 4) is 11.3 Å². The van der Waals surface area contributed by atoms with Crippen LogP contribution in [-0.4, -0.2) is 34.6 Å². The standard InChI is InChI=1S/C20H23N3O3S/c24-18(15-7-8-16(19(25)26)21-10-15)23-20-22-17(11-27-20)14-6-5-12-3-1-2-4-13(12)9-14/h5-6,9,11,15-16,21H,1-4,7-8,10H2,(H,25,26)(H,22,23,24). The number of nitrogens with one attached hydrogen (secondary N) is 2. The van der Waals surface area contributed by atoms with Crippen LogP contribution in [0.15, 0.2) is 23.6 Å². The van der Waals surface area contributed by atoms with Crippen molar-refractivity contribution in [1.82, 2.24) is 10.3 Å². The molecule has 1 aliphatic carbocycles. The predicted molar refractivity (Wildman–Crippen MR) is 105 cm³/mol. The Balaban J connectivity index is 1.40. The number of carbonyl (C=O) groups is 2. The Kier molecular flexibility index (Phi) is 5.22. The molecule has 7 heteroatoms. The molecule has 0 spiro atoms. The quantitative estimate of drug-likeness (QED) is 0.752. The van der Waals surface area contributed by atoms with Crippen molar-refractivity contribution in [2.45, 2.75) is 44.6 Å². The Hall–Kier alpha value is -2.25. The first-order valence-corrected chi connectivity index (χ1v) is 10.3. The number of thiazole rings is 1. The summed E-state index contributed by atoms with van der Waals surface area (Å²) in [5.41, 5.74) is 4.84. The van der Waals surface area contributed by atoms with Gasteiger partial charge in [0.25, 0.3) is 0 Å². The second kappa shape index (κ2) is 7.78. The molecule has 1 amide bonds. The molecule has 0 saturated carbocycles. The van der Waals surface area contributed by atoms with Crippen LogP contribution in [0.2, 0.25) is 0 Å². The second-order valence-electron chi connectivity index (χ2n) is 7.29. The highest BCUT2D eigenvalue weighted by Crippen LogP contribution is 2.30. The summed E-state index contributed by atoms with van der Waals surface area (Å²) in [6.45, 7) is 0.381. The zero-order chi connectivity index (χ0) is 18.8. The van der Waals surface area contributed by atoms with Gasteiger partial charge in [-0.15, -0.1) is 11.3 Å². The van der Waals surface area contributed by atoms with Gasteiger partial charge in [-0.2, -0.15) is 0 Å². The van der Waals surface area contributed by atoms with Gasteiger partial charge in [-0.25, -0.2) is 4.98 Å². The topological polar surface area (TPSA) is 91.3 Å². The molecular formula is C20H23N3O3S. The van der Waals surface area contributed by atoms with Gasteiger partial charge >= 0.3 is 5.97 Å². The molecule has 1 saturated heterocycles. The van der Waals surface area contributed by atoms with E-state index in [2.05, 4.69) is 33.8 Å². The van der Waals surface area contributed by atoms with Crippen molar-refractivity contribution < 1.29 is 14.7 Å². The van der Waals surface area contributed by atoms with Crippen LogP contribution in [0.4, 0.5) is 5.13 Å². The molecule has 6 nitrogen and oxygen atoms in total. The zero-order valence-electron chi connectivity index (χ0n) is 15.0. The lowest BCUT2D eigenvalue weighted by molar-refractivity contribution is -0.141. The van der Waals surface area contributed by atoms with E-state index in [1.54, 1.807) is 0 Å². The van der Waals surface area contributed by atoms with E-state index >= 15 is 0 Å². The third-order valence-corrected chi connectivity index (χ3v) is 6.22. The minimum absolute atomic E-state index is 0.0994. The highest BCUT2D eigenvalue weighted by Gasteiger charge is 2.29. The van der Waals surface area contributed by atoms with Crippen molar-refractivity contribution in [1.29, 1.82) is 0 Å². The van der Waals surface area contributed by atoms with Crippen LogP contribution in [0, 0.1) is 5.92 Å². The van der Waals surface area contributed by atoms with Gasteiger partial charge in [0.1, 0.15) is 6.04 Å². The number of amides is 1. The fourth-order valence-corrected chi connectivity index (χ4v) is 4.58. The number of hydrogen-bond acceptors (Lipinski definition) is 5. The number of nitrogens with zero attached hydrogens (tertiary/aromatic N) is 1. The largest absolute Gasteiger partial charge is 0.480 e. The van der Waals surface area contributed by atoms with Gasteiger partial charge in [0.2, 0.25) is 5.91 Å².